The molecule has 0 radical (unpaired) electrons. The molecule has 0 saturated carbocycles. The molecule has 29 heavy (non-hydrogen) atoms. The van der Waals surface area contributed by atoms with Gasteiger partial charge in [0.25, 0.3) is 0 Å². The maximum absolute atomic E-state index is 12.5. The van der Waals surface area contributed by atoms with Crippen LogP contribution in [0, 0.1) is 5.92 Å². The van der Waals surface area contributed by atoms with Gasteiger partial charge in [0.05, 0.1) is 12.1 Å². The smallest absolute Gasteiger partial charge is 0.328 e. The highest BCUT2D eigenvalue weighted by Gasteiger charge is 2.30. The van der Waals surface area contributed by atoms with Crippen molar-refractivity contribution in [2.45, 2.75) is 70.8 Å². The number of carbonyl (C=O) groups is 5. The molecule has 166 valence electrons. The van der Waals surface area contributed by atoms with Crippen molar-refractivity contribution in [2.24, 2.45) is 17.4 Å². The summed E-state index contributed by atoms with van der Waals surface area (Å²) in [7, 11) is 0. The summed E-state index contributed by atoms with van der Waals surface area (Å²) in [4.78, 5) is 58.9. The first kappa shape index (κ1) is 26.3. The van der Waals surface area contributed by atoms with Crippen LogP contribution in [0.1, 0.15) is 40.5 Å². The summed E-state index contributed by atoms with van der Waals surface area (Å²) in [5.41, 5.74) is 10.8. The highest BCUT2D eigenvalue weighted by atomic mass is 16.4. The number of hydrogen-bond acceptors (Lipinski definition) is 7. The van der Waals surface area contributed by atoms with Crippen LogP contribution in [0.15, 0.2) is 0 Å². The van der Waals surface area contributed by atoms with Gasteiger partial charge in [-0.3, -0.25) is 19.2 Å². The molecule has 0 aromatic rings. The summed E-state index contributed by atoms with van der Waals surface area (Å²) in [5.74, 6) is -4.57. The van der Waals surface area contributed by atoms with E-state index in [0.717, 1.165) is 0 Å². The molecule has 0 aliphatic heterocycles. The Labute approximate surface area is 168 Å². The molecule has 5 atom stereocenters. The predicted molar refractivity (Wildman–Crippen MR) is 102 cm³/mol. The summed E-state index contributed by atoms with van der Waals surface area (Å²) < 4.78 is 0. The maximum atomic E-state index is 12.5. The normalized spacial score (nSPS) is 16.1. The molecule has 0 rings (SSSR count). The number of carboxylic acids is 1. The molecule has 12 nitrogen and oxygen atoms in total. The van der Waals surface area contributed by atoms with Gasteiger partial charge in [0.1, 0.15) is 12.1 Å². The summed E-state index contributed by atoms with van der Waals surface area (Å²) in [5, 5.41) is 25.3. The molecule has 0 fully saturated rings. The fourth-order valence-corrected chi connectivity index (χ4v) is 2.17. The first-order valence-electron chi connectivity index (χ1n) is 9.13. The van der Waals surface area contributed by atoms with Crippen LogP contribution < -0.4 is 27.4 Å². The molecular formula is C17H31N5O7. The van der Waals surface area contributed by atoms with Crippen LogP contribution in [0.2, 0.25) is 0 Å². The second kappa shape index (κ2) is 12.0. The van der Waals surface area contributed by atoms with E-state index in [1.165, 1.54) is 13.8 Å². The number of aliphatic hydroxyl groups is 1. The van der Waals surface area contributed by atoms with Crippen LogP contribution in [-0.4, -0.2) is 70.1 Å². The Morgan fingerprint density at radius 3 is 1.86 bits per heavy atom. The average molecular weight is 417 g/mol. The number of nitrogens with one attached hydrogen (secondary N) is 3. The molecule has 5 unspecified atom stereocenters. The molecule has 9 N–H and O–H groups in total. The second-order valence-electron chi connectivity index (χ2n) is 7.13. The van der Waals surface area contributed by atoms with Crippen LogP contribution >= 0.6 is 0 Å². The van der Waals surface area contributed by atoms with Gasteiger partial charge >= 0.3 is 5.97 Å². The number of primary amides is 1. The highest BCUT2D eigenvalue weighted by Crippen LogP contribution is 2.03. The van der Waals surface area contributed by atoms with Crippen LogP contribution in [0.4, 0.5) is 0 Å². The molecule has 4 amide bonds. The van der Waals surface area contributed by atoms with E-state index in [1.807, 2.05) is 0 Å². The zero-order valence-electron chi connectivity index (χ0n) is 17.0. The third kappa shape index (κ3) is 9.34. The predicted octanol–water partition coefficient (Wildman–Crippen LogP) is -2.83. The Balaban J connectivity index is 5.13. The van der Waals surface area contributed by atoms with E-state index in [9.17, 15) is 29.1 Å². The molecule has 12 heteroatoms. The van der Waals surface area contributed by atoms with Crippen LogP contribution in [0.25, 0.3) is 0 Å². The van der Waals surface area contributed by atoms with Crippen molar-refractivity contribution in [3.8, 4) is 0 Å². The summed E-state index contributed by atoms with van der Waals surface area (Å²) in [6, 6.07) is -4.81. The van der Waals surface area contributed by atoms with E-state index < -0.39 is 59.9 Å². The number of aliphatic hydroxyl groups excluding tert-OH is 1. The van der Waals surface area contributed by atoms with Gasteiger partial charge in [-0.25, -0.2) is 4.79 Å². The number of amides is 4. The van der Waals surface area contributed by atoms with Gasteiger partial charge in [-0.2, -0.15) is 0 Å². The van der Waals surface area contributed by atoms with Crippen molar-refractivity contribution >= 4 is 29.6 Å². The minimum atomic E-state index is -1.56. The lowest BCUT2D eigenvalue weighted by Gasteiger charge is -2.24. The van der Waals surface area contributed by atoms with Crippen molar-refractivity contribution in [1.82, 2.24) is 16.0 Å². The highest BCUT2D eigenvalue weighted by molar-refractivity contribution is 5.94. The lowest BCUT2D eigenvalue weighted by molar-refractivity contribution is -0.145. The standard InChI is InChI=1S/C17H31N5O7/c1-7(2)12(19)16(27)21-10(5-6-11(18)24)15(26)20-8(3)14(25)22-13(9(4)23)17(28)29/h7-10,12-13,23H,5-6,19H2,1-4H3,(H2,18,24)(H,20,26)(H,21,27)(H,22,25)(H,28,29). The Bertz CT molecular complexity index is 623. The van der Waals surface area contributed by atoms with Crippen molar-refractivity contribution in [3.05, 3.63) is 0 Å². The van der Waals surface area contributed by atoms with Crippen molar-refractivity contribution in [2.75, 3.05) is 0 Å². The van der Waals surface area contributed by atoms with Gasteiger partial charge < -0.3 is 37.6 Å². The Kier molecular flexibility index (Phi) is 10.8. The molecule has 0 spiro atoms. The van der Waals surface area contributed by atoms with Gasteiger partial charge in [0, 0.05) is 6.42 Å². The van der Waals surface area contributed by atoms with Gasteiger partial charge in [-0.15, -0.1) is 0 Å². The number of nitrogens with two attached hydrogens (primary N) is 2. The largest absolute Gasteiger partial charge is 0.480 e. The Hall–Kier alpha value is -2.73. The van der Waals surface area contributed by atoms with Crippen molar-refractivity contribution < 1.29 is 34.2 Å². The van der Waals surface area contributed by atoms with Gasteiger partial charge in [0.2, 0.25) is 23.6 Å². The average Bonchev–Trinajstić information content (AvgIpc) is 2.60. The molecule has 0 heterocycles. The fourth-order valence-electron chi connectivity index (χ4n) is 2.17. The van der Waals surface area contributed by atoms with Crippen LogP contribution in [-0.2, 0) is 24.0 Å². The first-order chi connectivity index (χ1) is 13.3. The number of carboxylic acid groups (broad SMARTS) is 1. The Morgan fingerprint density at radius 2 is 1.45 bits per heavy atom. The van der Waals surface area contributed by atoms with E-state index in [2.05, 4.69) is 16.0 Å². The monoisotopic (exact) mass is 417 g/mol. The SMILES string of the molecule is CC(NC(=O)C(CCC(N)=O)NC(=O)C(N)C(C)C)C(=O)NC(C(=O)O)C(C)O. The zero-order valence-corrected chi connectivity index (χ0v) is 17.0. The topological polar surface area (TPSA) is 214 Å². The van der Waals surface area contributed by atoms with Crippen LogP contribution in [0.5, 0.6) is 0 Å². The van der Waals surface area contributed by atoms with E-state index in [4.69, 9.17) is 16.6 Å². The summed E-state index contributed by atoms with van der Waals surface area (Å²) in [6.07, 6.45) is -1.67. The quantitative estimate of drug-likeness (QED) is 0.175. The van der Waals surface area contributed by atoms with E-state index in [1.54, 1.807) is 13.8 Å². The van der Waals surface area contributed by atoms with Gasteiger partial charge in [-0.05, 0) is 26.2 Å². The molecule has 0 aromatic heterocycles. The third-order valence-corrected chi connectivity index (χ3v) is 4.13. The Morgan fingerprint density at radius 1 is 0.897 bits per heavy atom. The van der Waals surface area contributed by atoms with Gasteiger partial charge in [-0.1, -0.05) is 13.8 Å². The summed E-state index contributed by atoms with van der Waals surface area (Å²) >= 11 is 0. The molecule has 0 aliphatic rings. The number of aliphatic carboxylic acids is 1. The zero-order chi connectivity index (χ0) is 22.9. The van der Waals surface area contributed by atoms with E-state index in [0.29, 0.717) is 0 Å². The van der Waals surface area contributed by atoms with Gasteiger partial charge in [0.15, 0.2) is 6.04 Å². The van der Waals surface area contributed by atoms with E-state index >= 15 is 0 Å². The number of rotatable bonds is 12. The maximum Gasteiger partial charge on any atom is 0.328 e. The minimum Gasteiger partial charge on any atom is -0.480 e. The number of hydrogen-bond donors (Lipinski definition) is 7. The molecule has 0 aromatic carbocycles. The first-order valence-corrected chi connectivity index (χ1v) is 9.13. The second-order valence-corrected chi connectivity index (χ2v) is 7.13. The van der Waals surface area contributed by atoms with E-state index in [-0.39, 0.29) is 18.8 Å². The molecular weight excluding hydrogens is 386 g/mol. The molecule has 0 aliphatic carbocycles. The summed E-state index contributed by atoms with van der Waals surface area (Å²) in [6.45, 7) is 5.92. The minimum absolute atomic E-state index is 0.114. The number of carbonyl (C=O) groups excluding carboxylic acids is 4. The van der Waals surface area contributed by atoms with Crippen LogP contribution in [0.3, 0.4) is 0 Å². The fraction of sp³-hybridized carbons (Fsp3) is 0.706. The lowest BCUT2D eigenvalue weighted by Crippen LogP contribution is -2.57. The molecule has 0 bridgehead atoms. The third-order valence-electron chi connectivity index (χ3n) is 4.13. The van der Waals surface area contributed by atoms with Crippen molar-refractivity contribution in [3.63, 3.8) is 0 Å². The van der Waals surface area contributed by atoms with Crippen molar-refractivity contribution in [1.29, 1.82) is 0 Å². The molecule has 0 saturated heterocycles. The lowest BCUT2D eigenvalue weighted by atomic mass is 10.0.